The van der Waals surface area contributed by atoms with Crippen LogP contribution in [0, 0.1) is 12.8 Å². The fraction of sp³-hybridized carbons (Fsp3) is 0.353. The number of halogens is 1. The highest BCUT2D eigenvalue weighted by Gasteiger charge is 2.43. The molecule has 0 bridgehead atoms. The Morgan fingerprint density at radius 3 is 2.57 bits per heavy atom. The van der Waals surface area contributed by atoms with Crippen molar-refractivity contribution in [1.29, 1.82) is 0 Å². The third-order valence-corrected chi connectivity index (χ3v) is 4.91. The van der Waals surface area contributed by atoms with E-state index in [1.165, 1.54) is 11.3 Å². The summed E-state index contributed by atoms with van der Waals surface area (Å²) < 4.78 is 0.537. The Morgan fingerprint density at radius 2 is 2.04 bits per heavy atom. The number of hydrogen-bond donors (Lipinski definition) is 2. The maximum atomic E-state index is 12.5. The second-order valence-corrected chi connectivity index (χ2v) is 7.53. The number of rotatable bonds is 6. The van der Waals surface area contributed by atoms with E-state index in [1.807, 2.05) is 37.3 Å². The molecule has 124 valence electrons. The highest BCUT2D eigenvalue weighted by Crippen LogP contribution is 2.38. The molecule has 2 aromatic rings. The van der Waals surface area contributed by atoms with E-state index >= 15 is 0 Å². The summed E-state index contributed by atoms with van der Waals surface area (Å²) in [7, 11) is 0. The van der Waals surface area contributed by atoms with Gasteiger partial charge in [-0.15, -0.1) is 11.3 Å². The Labute approximate surface area is 145 Å². The number of hydroxylamine groups is 1. The maximum Gasteiger partial charge on any atom is 0.280 e. The van der Waals surface area contributed by atoms with Gasteiger partial charge in [0.2, 0.25) is 0 Å². The molecule has 2 N–H and O–H groups in total. The van der Waals surface area contributed by atoms with Crippen LogP contribution >= 0.6 is 22.9 Å². The summed E-state index contributed by atoms with van der Waals surface area (Å²) in [6, 6.07) is 11.1. The van der Waals surface area contributed by atoms with Crippen LogP contribution in [-0.2, 0) is 21.8 Å². The van der Waals surface area contributed by atoms with Gasteiger partial charge in [0.1, 0.15) is 0 Å². The Kier molecular flexibility index (Phi) is 5.81. The van der Waals surface area contributed by atoms with Gasteiger partial charge in [-0.25, -0.2) is 5.48 Å². The smallest absolute Gasteiger partial charge is 0.280 e. The molecule has 1 heterocycles. The first-order chi connectivity index (χ1) is 10.9. The zero-order valence-electron chi connectivity index (χ0n) is 13.3. The van der Waals surface area contributed by atoms with Crippen LogP contribution in [0.5, 0.6) is 0 Å². The van der Waals surface area contributed by atoms with Crippen molar-refractivity contribution in [2.75, 3.05) is 0 Å². The zero-order valence-corrected chi connectivity index (χ0v) is 14.9. The summed E-state index contributed by atoms with van der Waals surface area (Å²) in [6.07, 6.45) is 0. The zero-order chi connectivity index (χ0) is 17.0. The van der Waals surface area contributed by atoms with E-state index < -0.39 is 11.5 Å². The molecule has 6 heteroatoms. The van der Waals surface area contributed by atoms with Gasteiger partial charge >= 0.3 is 0 Å². The molecule has 4 nitrogen and oxygen atoms in total. The summed E-state index contributed by atoms with van der Waals surface area (Å²) >= 11 is 7.35. The van der Waals surface area contributed by atoms with Crippen molar-refractivity contribution in [3.05, 3.63) is 56.7 Å². The maximum absolute atomic E-state index is 12.5. The third-order valence-electron chi connectivity index (χ3n) is 3.73. The monoisotopic (exact) mass is 353 g/mol. The van der Waals surface area contributed by atoms with Crippen LogP contribution < -0.4 is 5.48 Å². The lowest BCUT2D eigenvalue weighted by atomic mass is 9.83. The topological polar surface area (TPSA) is 58.6 Å². The molecule has 0 saturated heterocycles. The van der Waals surface area contributed by atoms with Gasteiger partial charge in [-0.2, -0.15) is 0 Å². The molecule has 1 aromatic carbocycles. The van der Waals surface area contributed by atoms with E-state index in [4.69, 9.17) is 16.4 Å². The lowest BCUT2D eigenvalue weighted by Gasteiger charge is -2.30. The lowest BCUT2D eigenvalue weighted by molar-refractivity contribution is -0.160. The van der Waals surface area contributed by atoms with E-state index in [-0.39, 0.29) is 12.5 Å². The average Bonchev–Trinajstić information content (AvgIpc) is 2.86. The largest absolute Gasteiger partial charge is 0.375 e. The highest BCUT2D eigenvalue weighted by atomic mass is 35.5. The Bertz CT molecular complexity index is 672. The van der Waals surface area contributed by atoms with E-state index in [2.05, 4.69) is 5.48 Å². The molecule has 1 aromatic heterocycles. The van der Waals surface area contributed by atoms with Gasteiger partial charge in [0.25, 0.3) is 5.91 Å². The highest BCUT2D eigenvalue weighted by molar-refractivity contribution is 7.16. The minimum atomic E-state index is -1.69. The molecule has 2 rings (SSSR count). The number of benzene rings is 1. The van der Waals surface area contributed by atoms with E-state index in [0.29, 0.717) is 9.90 Å². The molecule has 1 amide bonds. The number of thiophene rings is 1. The van der Waals surface area contributed by atoms with Gasteiger partial charge in [0, 0.05) is 10.4 Å². The van der Waals surface area contributed by atoms with Crippen LogP contribution in [0.15, 0.2) is 36.4 Å². The molecule has 0 spiro atoms. The van der Waals surface area contributed by atoms with Crippen molar-refractivity contribution in [2.45, 2.75) is 33.0 Å². The number of nitrogens with one attached hydrogen (secondary N) is 1. The van der Waals surface area contributed by atoms with E-state index in [9.17, 15) is 9.90 Å². The van der Waals surface area contributed by atoms with Crippen LogP contribution in [-0.4, -0.2) is 11.0 Å². The van der Waals surface area contributed by atoms with E-state index in [1.54, 1.807) is 19.9 Å². The van der Waals surface area contributed by atoms with Gasteiger partial charge in [-0.3, -0.25) is 9.63 Å². The molecule has 0 radical (unpaired) electrons. The van der Waals surface area contributed by atoms with Crippen molar-refractivity contribution < 1.29 is 14.7 Å². The Morgan fingerprint density at radius 1 is 1.39 bits per heavy atom. The molecule has 23 heavy (non-hydrogen) atoms. The van der Waals surface area contributed by atoms with Crippen molar-refractivity contribution in [3.63, 3.8) is 0 Å². The van der Waals surface area contributed by atoms with Gasteiger partial charge in [0.05, 0.1) is 10.9 Å². The molecule has 0 aliphatic rings. The molecule has 1 unspecified atom stereocenters. The van der Waals surface area contributed by atoms with Gasteiger partial charge in [-0.1, -0.05) is 55.8 Å². The minimum Gasteiger partial charge on any atom is -0.375 e. The van der Waals surface area contributed by atoms with Crippen LogP contribution in [0.1, 0.15) is 29.9 Å². The number of carbonyl (C=O) groups excluding carboxylic acids is 1. The molecule has 0 saturated carbocycles. The van der Waals surface area contributed by atoms with Crippen molar-refractivity contribution in [2.24, 2.45) is 5.92 Å². The number of hydrogen-bond acceptors (Lipinski definition) is 4. The van der Waals surface area contributed by atoms with Crippen LogP contribution in [0.4, 0.5) is 0 Å². The second-order valence-electron chi connectivity index (χ2n) is 5.65. The third kappa shape index (κ3) is 3.93. The molecular weight excluding hydrogens is 334 g/mol. The molecule has 0 aliphatic heterocycles. The summed E-state index contributed by atoms with van der Waals surface area (Å²) in [5.74, 6) is -0.937. The van der Waals surface area contributed by atoms with Gasteiger partial charge in [-0.05, 0) is 24.5 Å². The van der Waals surface area contributed by atoms with Crippen LogP contribution in [0.2, 0.25) is 4.34 Å². The first-order valence-electron chi connectivity index (χ1n) is 7.30. The van der Waals surface area contributed by atoms with Crippen molar-refractivity contribution in [3.8, 4) is 0 Å². The van der Waals surface area contributed by atoms with Gasteiger partial charge < -0.3 is 5.11 Å². The number of aliphatic hydroxyl groups is 1. The van der Waals surface area contributed by atoms with Gasteiger partial charge in [0.15, 0.2) is 5.60 Å². The molecule has 0 aliphatic carbocycles. The number of amides is 1. The summed E-state index contributed by atoms with van der Waals surface area (Å²) in [6.45, 7) is 5.62. The Hall–Kier alpha value is -1.40. The molecule has 0 fully saturated rings. The van der Waals surface area contributed by atoms with Crippen molar-refractivity contribution in [1.82, 2.24) is 5.48 Å². The SMILES string of the molecule is Cc1sc(Cl)cc1C(O)(C(=O)NOCc1ccccc1)C(C)C. The molecule has 1 atom stereocenters. The minimum absolute atomic E-state index is 0.226. The van der Waals surface area contributed by atoms with E-state index in [0.717, 1.165) is 10.4 Å². The summed E-state index contributed by atoms with van der Waals surface area (Å²) in [5, 5.41) is 11.0. The predicted molar refractivity (Wildman–Crippen MR) is 92.2 cm³/mol. The first kappa shape index (κ1) is 17.9. The fourth-order valence-electron chi connectivity index (χ4n) is 2.36. The first-order valence-corrected chi connectivity index (χ1v) is 8.50. The molecular formula is C17H20ClNO3S. The number of carbonyl (C=O) groups is 1. The average molecular weight is 354 g/mol. The predicted octanol–water partition coefficient (Wildman–Crippen LogP) is 3.80. The van der Waals surface area contributed by atoms with Crippen LogP contribution in [0.25, 0.3) is 0 Å². The van der Waals surface area contributed by atoms with Crippen molar-refractivity contribution >= 4 is 28.8 Å². The van der Waals surface area contributed by atoms with Crippen LogP contribution in [0.3, 0.4) is 0 Å². The number of aryl methyl sites for hydroxylation is 1. The normalized spacial score (nSPS) is 13.8. The second kappa shape index (κ2) is 7.45. The quantitative estimate of drug-likeness (QED) is 0.776. The fourth-order valence-corrected chi connectivity index (χ4v) is 3.61. The standard InChI is InChI=1S/C17H20ClNO3S/c1-11(2)17(21,14-9-15(18)23-12(14)3)16(20)19-22-10-13-7-5-4-6-8-13/h4-9,11,21H,10H2,1-3H3,(H,19,20). The Balaban J connectivity index is 2.11. The summed E-state index contributed by atoms with van der Waals surface area (Å²) in [5.41, 5.74) is 2.11. The summed E-state index contributed by atoms with van der Waals surface area (Å²) in [4.78, 5) is 18.6. The lowest BCUT2D eigenvalue weighted by Crippen LogP contribution is -2.48.